The highest BCUT2D eigenvalue weighted by atomic mass is 15.1. The minimum absolute atomic E-state index is 0.663. The molecule has 1 atom stereocenters. The fourth-order valence-electron chi connectivity index (χ4n) is 1.59. The van der Waals surface area contributed by atoms with Crippen LogP contribution in [0.3, 0.4) is 0 Å². The SMILES string of the molecule is CCC(C)c1ccc(NCCN(C)C)cc1. The Bertz CT molecular complexity index is 290. The van der Waals surface area contributed by atoms with Crippen LogP contribution in [0.2, 0.25) is 0 Å². The van der Waals surface area contributed by atoms with Crippen molar-refractivity contribution in [2.24, 2.45) is 0 Å². The molecule has 2 nitrogen and oxygen atoms in total. The van der Waals surface area contributed by atoms with E-state index in [4.69, 9.17) is 0 Å². The van der Waals surface area contributed by atoms with Crippen LogP contribution in [0.4, 0.5) is 5.69 Å². The van der Waals surface area contributed by atoms with Gasteiger partial charge in [0.05, 0.1) is 0 Å². The summed E-state index contributed by atoms with van der Waals surface area (Å²) in [5.41, 5.74) is 2.65. The monoisotopic (exact) mass is 220 g/mol. The van der Waals surface area contributed by atoms with Crippen LogP contribution in [0.1, 0.15) is 31.7 Å². The summed E-state index contributed by atoms with van der Waals surface area (Å²) in [5, 5.41) is 3.42. The lowest BCUT2D eigenvalue weighted by Crippen LogP contribution is -2.20. The predicted octanol–water partition coefficient (Wildman–Crippen LogP) is 3.17. The van der Waals surface area contributed by atoms with E-state index in [-0.39, 0.29) is 0 Å². The molecule has 0 aliphatic heterocycles. The first kappa shape index (κ1) is 13.0. The first-order chi connectivity index (χ1) is 7.63. The van der Waals surface area contributed by atoms with Gasteiger partial charge in [-0.1, -0.05) is 26.0 Å². The van der Waals surface area contributed by atoms with Crippen LogP contribution in [0, 0.1) is 0 Å². The Labute approximate surface area is 99.7 Å². The third-order valence-electron chi connectivity index (χ3n) is 2.98. The number of hydrogen-bond donors (Lipinski definition) is 1. The van der Waals surface area contributed by atoms with Gasteiger partial charge in [0.1, 0.15) is 0 Å². The predicted molar refractivity (Wildman–Crippen MR) is 72.2 cm³/mol. The van der Waals surface area contributed by atoms with Crippen molar-refractivity contribution in [1.82, 2.24) is 4.90 Å². The maximum absolute atomic E-state index is 3.42. The van der Waals surface area contributed by atoms with Gasteiger partial charge in [0.15, 0.2) is 0 Å². The topological polar surface area (TPSA) is 15.3 Å². The van der Waals surface area contributed by atoms with Gasteiger partial charge in [-0.25, -0.2) is 0 Å². The number of hydrogen-bond acceptors (Lipinski definition) is 2. The second kappa shape index (κ2) is 6.54. The zero-order valence-corrected chi connectivity index (χ0v) is 11.0. The summed E-state index contributed by atoms with van der Waals surface area (Å²) in [4.78, 5) is 2.18. The van der Waals surface area contributed by atoms with E-state index < -0.39 is 0 Å². The van der Waals surface area contributed by atoms with Gasteiger partial charge in [-0.3, -0.25) is 0 Å². The van der Waals surface area contributed by atoms with Gasteiger partial charge in [0.2, 0.25) is 0 Å². The molecule has 0 spiro atoms. The fraction of sp³-hybridized carbons (Fsp3) is 0.571. The standard InChI is InChI=1S/C14H24N2/c1-5-12(2)13-6-8-14(9-7-13)15-10-11-16(3)4/h6-9,12,15H,5,10-11H2,1-4H3. The Hall–Kier alpha value is -1.02. The first-order valence-corrected chi connectivity index (χ1v) is 6.12. The van der Waals surface area contributed by atoms with Crippen LogP contribution in [0.25, 0.3) is 0 Å². The Morgan fingerprint density at radius 3 is 2.31 bits per heavy atom. The van der Waals surface area contributed by atoms with Crippen LogP contribution < -0.4 is 5.32 Å². The van der Waals surface area contributed by atoms with E-state index in [0.717, 1.165) is 13.1 Å². The molecule has 0 amide bonds. The van der Waals surface area contributed by atoms with Gasteiger partial charge in [0.25, 0.3) is 0 Å². The molecule has 1 unspecified atom stereocenters. The average Bonchev–Trinajstić information content (AvgIpc) is 2.28. The molecule has 0 saturated heterocycles. The number of anilines is 1. The third kappa shape index (κ3) is 4.23. The fourth-order valence-corrected chi connectivity index (χ4v) is 1.59. The van der Waals surface area contributed by atoms with Gasteiger partial charge >= 0.3 is 0 Å². The number of nitrogens with zero attached hydrogens (tertiary/aromatic N) is 1. The minimum Gasteiger partial charge on any atom is -0.384 e. The van der Waals surface area contributed by atoms with Crippen molar-refractivity contribution in [1.29, 1.82) is 0 Å². The van der Waals surface area contributed by atoms with Crippen LogP contribution >= 0.6 is 0 Å². The Balaban J connectivity index is 2.45. The summed E-state index contributed by atoms with van der Waals surface area (Å²) in [5.74, 6) is 0.663. The number of nitrogens with one attached hydrogen (secondary N) is 1. The minimum atomic E-state index is 0.663. The summed E-state index contributed by atoms with van der Waals surface area (Å²) >= 11 is 0. The van der Waals surface area contributed by atoms with Gasteiger partial charge in [-0.2, -0.15) is 0 Å². The molecule has 1 rings (SSSR count). The molecule has 90 valence electrons. The third-order valence-corrected chi connectivity index (χ3v) is 2.98. The molecule has 16 heavy (non-hydrogen) atoms. The molecular weight excluding hydrogens is 196 g/mol. The molecule has 2 heteroatoms. The van der Waals surface area contributed by atoms with Gasteiger partial charge in [-0.15, -0.1) is 0 Å². The second-order valence-corrected chi connectivity index (χ2v) is 4.66. The molecule has 0 aromatic heterocycles. The highest BCUT2D eigenvalue weighted by Gasteiger charge is 2.01. The molecule has 0 aliphatic rings. The maximum Gasteiger partial charge on any atom is 0.0340 e. The number of benzene rings is 1. The molecule has 1 aromatic carbocycles. The van der Waals surface area contributed by atoms with E-state index >= 15 is 0 Å². The van der Waals surface area contributed by atoms with E-state index in [1.165, 1.54) is 17.7 Å². The lowest BCUT2D eigenvalue weighted by molar-refractivity contribution is 0.425. The van der Waals surface area contributed by atoms with E-state index in [9.17, 15) is 0 Å². The van der Waals surface area contributed by atoms with Crippen molar-refractivity contribution in [2.75, 3.05) is 32.5 Å². The molecule has 0 radical (unpaired) electrons. The van der Waals surface area contributed by atoms with Crippen LogP contribution in [-0.4, -0.2) is 32.1 Å². The zero-order valence-electron chi connectivity index (χ0n) is 11.0. The van der Waals surface area contributed by atoms with Crippen molar-refractivity contribution in [3.63, 3.8) is 0 Å². The van der Waals surface area contributed by atoms with Crippen LogP contribution in [0.15, 0.2) is 24.3 Å². The highest BCUT2D eigenvalue weighted by Crippen LogP contribution is 2.20. The molecule has 0 bridgehead atoms. The number of likely N-dealkylation sites (N-methyl/N-ethyl adjacent to an activating group) is 1. The normalized spacial score (nSPS) is 12.8. The summed E-state index contributed by atoms with van der Waals surface area (Å²) < 4.78 is 0. The van der Waals surface area contributed by atoms with Crippen molar-refractivity contribution in [3.05, 3.63) is 29.8 Å². The number of rotatable bonds is 6. The van der Waals surface area contributed by atoms with Crippen LogP contribution in [0.5, 0.6) is 0 Å². The molecule has 0 saturated carbocycles. The highest BCUT2D eigenvalue weighted by molar-refractivity contribution is 5.45. The van der Waals surface area contributed by atoms with Gasteiger partial charge in [0, 0.05) is 18.8 Å². The Morgan fingerprint density at radius 2 is 1.81 bits per heavy atom. The average molecular weight is 220 g/mol. The lowest BCUT2D eigenvalue weighted by atomic mass is 9.99. The van der Waals surface area contributed by atoms with Crippen molar-refractivity contribution in [2.45, 2.75) is 26.2 Å². The maximum atomic E-state index is 3.42. The van der Waals surface area contributed by atoms with Crippen molar-refractivity contribution in [3.8, 4) is 0 Å². The summed E-state index contributed by atoms with van der Waals surface area (Å²) in [6.07, 6.45) is 1.20. The Kier molecular flexibility index (Phi) is 5.33. The van der Waals surface area contributed by atoms with E-state index in [1.807, 2.05) is 0 Å². The van der Waals surface area contributed by atoms with Crippen LogP contribution in [-0.2, 0) is 0 Å². The molecule has 0 aliphatic carbocycles. The summed E-state index contributed by atoms with van der Waals surface area (Å²) in [7, 11) is 4.18. The van der Waals surface area contributed by atoms with E-state index in [0.29, 0.717) is 5.92 Å². The first-order valence-electron chi connectivity index (χ1n) is 6.12. The summed E-state index contributed by atoms with van der Waals surface area (Å²) in [6, 6.07) is 8.81. The van der Waals surface area contributed by atoms with E-state index in [2.05, 4.69) is 62.4 Å². The smallest absolute Gasteiger partial charge is 0.0340 e. The second-order valence-electron chi connectivity index (χ2n) is 4.66. The van der Waals surface area contributed by atoms with E-state index in [1.54, 1.807) is 0 Å². The largest absolute Gasteiger partial charge is 0.384 e. The quantitative estimate of drug-likeness (QED) is 0.792. The molecule has 1 N–H and O–H groups in total. The van der Waals surface area contributed by atoms with Crippen molar-refractivity contribution >= 4 is 5.69 Å². The summed E-state index contributed by atoms with van der Waals surface area (Å²) in [6.45, 7) is 6.56. The molecule has 0 heterocycles. The van der Waals surface area contributed by atoms with Crippen molar-refractivity contribution < 1.29 is 0 Å². The Morgan fingerprint density at radius 1 is 1.19 bits per heavy atom. The van der Waals surface area contributed by atoms with Gasteiger partial charge < -0.3 is 10.2 Å². The zero-order chi connectivity index (χ0) is 12.0. The molecule has 1 aromatic rings. The lowest BCUT2D eigenvalue weighted by Gasteiger charge is -2.13. The molecule has 0 fully saturated rings. The molecular formula is C14H24N2. The van der Waals surface area contributed by atoms with Gasteiger partial charge in [-0.05, 0) is 44.1 Å².